The summed E-state index contributed by atoms with van der Waals surface area (Å²) in [6.07, 6.45) is -5.19. The van der Waals surface area contributed by atoms with Crippen LogP contribution in [0.2, 0.25) is 0 Å². The van der Waals surface area contributed by atoms with E-state index >= 15 is 0 Å². The molecule has 3 aromatic carbocycles. The first-order chi connectivity index (χ1) is 29.8. The summed E-state index contributed by atoms with van der Waals surface area (Å²) < 4.78 is 34.1. The number of rotatable bonds is 13. The van der Waals surface area contributed by atoms with Gasteiger partial charge in [-0.2, -0.15) is 0 Å². The average Bonchev–Trinajstić information content (AvgIpc) is 3.27. The van der Waals surface area contributed by atoms with Gasteiger partial charge in [0.15, 0.2) is 12.4 Å². The summed E-state index contributed by atoms with van der Waals surface area (Å²) in [6.45, 7) is 15.7. The molecule has 0 aromatic heterocycles. The Balaban J connectivity index is 0.00000898. The van der Waals surface area contributed by atoms with Crippen molar-refractivity contribution in [1.29, 1.82) is 0 Å². The van der Waals surface area contributed by atoms with Gasteiger partial charge in [0.2, 0.25) is 0 Å². The number of methoxy groups -OCH3 is 1. The third-order valence-electron chi connectivity index (χ3n) is 13.7. The lowest BCUT2D eigenvalue weighted by Gasteiger charge is -2.51. The number of cyclic esters (lactones) is 1. The smallest absolute Gasteiger partial charge is 0.311 e. The van der Waals surface area contributed by atoms with Gasteiger partial charge in [0.25, 0.3) is 0 Å². The quantitative estimate of drug-likeness (QED) is 0.128. The van der Waals surface area contributed by atoms with Crippen LogP contribution in [0.15, 0.2) is 96.2 Å². The topological polar surface area (TPSA) is 146 Å². The fraction of sp³-hybridized carbons (Fsp3) is 0.608. The second-order valence-electron chi connectivity index (χ2n) is 19.2. The van der Waals surface area contributed by atoms with Crippen molar-refractivity contribution in [2.24, 2.45) is 28.8 Å². The number of carbonyl (C=O) groups is 1. The Hall–Kier alpha value is -3.24. The normalized spacial score (nSPS) is 35.2. The Morgan fingerprint density at radius 1 is 0.828 bits per heavy atom. The summed E-state index contributed by atoms with van der Waals surface area (Å²) in [7, 11) is 6.03. The zero-order valence-electron chi connectivity index (χ0n) is 39.8. The Bertz CT molecular complexity index is 1890. The second kappa shape index (κ2) is 23.5. The molecule has 0 radical (unpaired) electrons. The van der Waals surface area contributed by atoms with Gasteiger partial charge in [0, 0.05) is 36.8 Å². The highest BCUT2D eigenvalue weighted by molar-refractivity contribution is 5.88. The number of aliphatic hydroxyl groups excluding tert-OH is 2. The molecule has 2 heterocycles. The molecule has 2 fully saturated rings. The highest BCUT2D eigenvalue weighted by Gasteiger charge is 2.53. The van der Waals surface area contributed by atoms with E-state index in [-0.39, 0.29) is 48.6 Å². The first-order valence-electron chi connectivity index (χ1n) is 22.7. The Morgan fingerprint density at radius 2 is 1.38 bits per heavy atom. The maximum atomic E-state index is 14.0. The molecule has 3 aromatic rings. The predicted octanol–water partition coefficient (Wildman–Crippen LogP) is 4.46. The van der Waals surface area contributed by atoms with Gasteiger partial charge < -0.3 is 65.3 Å². The fourth-order valence-corrected chi connectivity index (χ4v) is 9.81. The summed E-state index contributed by atoms with van der Waals surface area (Å²) in [5, 5.41) is 40.8. The van der Waals surface area contributed by atoms with Crippen LogP contribution in [0, 0.1) is 23.7 Å². The molecule has 2 aliphatic rings. The minimum absolute atomic E-state index is 0. The van der Waals surface area contributed by atoms with E-state index in [1.165, 1.54) is 12.5 Å². The first-order valence-corrected chi connectivity index (χ1v) is 22.7. The number of hydrogen-bond donors (Lipinski definition) is 3. The molecule has 3 N–H and O–H groups in total. The molecule has 64 heavy (non-hydrogen) atoms. The standard InChI is InChI=1S/C51H75N2O10.BrH/c1-12-42-51(8,57)46(55)35(4)43(52-60-32-40-26-20-15-21-27-40)33(2)29-50(7,58-11)47(36(5)44(54)37(6)48(56)62-42)63-49-45(59-31-39-24-18-14-19-25-39)41(28-34(3)61-49)53(9,10)30-38-22-16-13-17-23-38;/h13-27,33-37,41-42,44-47,49,54-55,57H,12,28-32H2,1-11H3;1H/q+1;/p-1/b52-43-;/t33-,34-,35+,36+,37-,41+,42-,44+,45-,46-,47-,49+,50-,51-;/m1./s1. The molecule has 2 aliphatic heterocycles. The van der Waals surface area contributed by atoms with E-state index in [1.807, 2.05) is 94.4 Å². The van der Waals surface area contributed by atoms with Crippen LogP contribution in [0.3, 0.4) is 0 Å². The number of quaternary nitrogens is 1. The van der Waals surface area contributed by atoms with Gasteiger partial charge >= 0.3 is 5.97 Å². The van der Waals surface area contributed by atoms with E-state index in [2.05, 4.69) is 43.5 Å². The lowest BCUT2D eigenvalue weighted by Crippen LogP contribution is -3.00. The number of likely N-dealkylation sites (N-methyl/N-ethyl adjacent to an activating group) is 1. The zero-order chi connectivity index (χ0) is 46.1. The van der Waals surface area contributed by atoms with Crippen molar-refractivity contribution < 1.29 is 70.1 Å². The number of esters is 1. The number of ether oxygens (including phenoxy) is 5. The molecule has 356 valence electrons. The SMILES string of the molecule is CC[C@H]1OC(=O)[C@H](C)[C@@H](O)[C@H](C)[C@@H](O[C@@H]2O[C@H](C)C[C@H]([N+](C)(C)Cc3ccccc3)[C@H]2OCc2ccccc2)[C@](C)(OC)C[C@@H](C)/C(=N/OCc2ccccc2)[C@H](C)[C@@H](O)[C@]1(C)O.[Br-]. The lowest BCUT2D eigenvalue weighted by atomic mass is 9.73. The van der Waals surface area contributed by atoms with Crippen LogP contribution in [0.25, 0.3) is 0 Å². The molecule has 5 rings (SSSR count). The summed E-state index contributed by atoms with van der Waals surface area (Å²) in [5.41, 5.74) is 0.552. The van der Waals surface area contributed by atoms with Crippen LogP contribution < -0.4 is 17.0 Å². The van der Waals surface area contributed by atoms with E-state index in [9.17, 15) is 20.1 Å². The van der Waals surface area contributed by atoms with Gasteiger partial charge in [-0.3, -0.25) is 4.79 Å². The van der Waals surface area contributed by atoms with Crippen LogP contribution in [-0.2, 0) is 53.1 Å². The first kappa shape index (κ1) is 53.4. The number of hydrogen-bond acceptors (Lipinski definition) is 11. The molecular weight excluding hydrogens is 880 g/mol. The molecule has 14 atom stereocenters. The molecule has 2 saturated heterocycles. The van der Waals surface area contributed by atoms with Gasteiger partial charge in [0.1, 0.15) is 30.9 Å². The van der Waals surface area contributed by atoms with Crippen LogP contribution in [0.1, 0.15) is 91.3 Å². The average molecular weight is 956 g/mol. The highest BCUT2D eigenvalue weighted by atomic mass is 79.9. The predicted molar refractivity (Wildman–Crippen MR) is 243 cm³/mol. The van der Waals surface area contributed by atoms with Crippen LogP contribution >= 0.6 is 0 Å². The van der Waals surface area contributed by atoms with Gasteiger partial charge in [-0.15, -0.1) is 0 Å². The number of halogens is 1. The van der Waals surface area contributed by atoms with Gasteiger partial charge in [-0.05, 0) is 51.7 Å². The zero-order valence-corrected chi connectivity index (χ0v) is 41.4. The van der Waals surface area contributed by atoms with Crippen LogP contribution in [0.5, 0.6) is 0 Å². The van der Waals surface area contributed by atoms with Crippen LogP contribution in [0.4, 0.5) is 0 Å². The second-order valence-corrected chi connectivity index (χ2v) is 19.2. The molecule has 0 spiro atoms. The largest absolute Gasteiger partial charge is 1.00 e. The van der Waals surface area contributed by atoms with Crippen molar-refractivity contribution in [2.45, 2.75) is 155 Å². The Labute approximate surface area is 392 Å². The summed E-state index contributed by atoms with van der Waals surface area (Å²) in [6, 6.07) is 30.0. The maximum absolute atomic E-state index is 14.0. The molecule has 0 amide bonds. The lowest BCUT2D eigenvalue weighted by molar-refractivity contribution is -0.934. The van der Waals surface area contributed by atoms with E-state index in [1.54, 1.807) is 27.9 Å². The van der Waals surface area contributed by atoms with Crippen molar-refractivity contribution in [1.82, 2.24) is 0 Å². The number of nitrogens with zero attached hydrogens (tertiary/aromatic N) is 2. The number of oxime groups is 1. The monoisotopic (exact) mass is 954 g/mol. The third kappa shape index (κ3) is 13.0. The summed E-state index contributed by atoms with van der Waals surface area (Å²) >= 11 is 0. The van der Waals surface area contributed by atoms with Crippen molar-refractivity contribution in [2.75, 3.05) is 21.2 Å². The fourth-order valence-electron chi connectivity index (χ4n) is 9.81. The Kier molecular flexibility index (Phi) is 19.6. The number of benzene rings is 3. The van der Waals surface area contributed by atoms with Crippen molar-refractivity contribution in [3.63, 3.8) is 0 Å². The van der Waals surface area contributed by atoms with E-state index in [0.29, 0.717) is 23.2 Å². The molecule has 13 heteroatoms. The molecule has 0 bridgehead atoms. The maximum Gasteiger partial charge on any atom is 0.311 e. The van der Waals surface area contributed by atoms with E-state index < -0.39 is 77.7 Å². The Morgan fingerprint density at radius 3 is 1.92 bits per heavy atom. The molecular formula is C51H75BrN2O10. The highest BCUT2D eigenvalue weighted by Crippen LogP contribution is 2.41. The number of carbonyl (C=O) groups excluding carboxylic acids is 1. The number of aliphatic hydroxyl groups is 3. The van der Waals surface area contributed by atoms with E-state index in [0.717, 1.165) is 17.7 Å². The minimum atomic E-state index is -1.88. The van der Waals surface area contributed by atoms with Crippen molar-refractivity contribution in [3.8, 4) is 0 Å². The molecule has 12 nitrogen and oxygen atoms in total. The molecule has 0 aliphatic carbocycles. The summed E-state index contributed by atoms with van der Waals surface area (Å²) in [4.78, 5) is 20.0. The summed E-state index contributed by atoms with van der Waals surface area (Å²) in [5.74, 6) is -3.66. The minimum Gasteiger partial charge on any atom is -1.00 e. The van der Waals surface area contributed by atoms with Crippen molar-refractivity contribution >= 4 is 11.7 Å². The van der Waals surface area contributed by atoms with Gasteiger partial charge in [-0.25, -0.2) is 0 Å². The van der Waals surface area contributed by atoms with Gasteiger partial charge in [0.05, 0.1) is 62.3 Å². The molecule has 0 unspecified atom stereocenters. The third-order valence-corrected chi connectivity index (χ3v) is 13.7. The van der Waals surface area contributed by atoms with Crippen LogP contribution in [-0.4, -0.2) is 113 Å². The van der Waals surface area contributed by atoms with Crippen molar-refractivity contribution in [3.05, 3.63) is 108 Å². The van der Waals surface area contributed by atoms with E-state index in [4.69, 9.17) is 28.5 Å². The molecule has 0 saturated carbocycles. The van der Waals surface area contributed by atoms with Gasteiger partial charge in [-0.1, -0.05) is 124 Å².